The number of likely N-dealkylation sites (tertiary alicyclic amines) is 1. The van der Waals surface area contributed by atoms with Crippen molar-refractivity contribution in [2.75, 3.05) is 19.6 Å². The Bertz CT molecular complexity index is 470. The second-order valence-corrected chi connectivity index (χ2v) is 5.88. The summed E-state index contributed by atoms with van der Waals surface area (Å²) in [5, 5.41) is 0. The second-order valence-electron chi connectivity index (χ2n) is 4.96. The number of nitrogens with zero attached hydrogens (tertiary/aromatic N) is 1. The molecule has 0 aromatic heterocycles. The Labute approximate surface area is 133 Å². The molecule has 1 heterocycles. The summed E-state index contributed by atoms with van der Waals surface area (Å²) < 4.78 is 14.4. The Kier molecular flexibility index (Phi) is 6.92. The van der Waals surface area contributed by atoms with Gasteiger partial charge in [-0.25, -0.2) is 4.39 Å². The molecule has 1 aromatic rings. The average Bonchev–Trinajstić information content (AvgIpc) is 2.41. The van der Waals surface area contributed by atoms with Gasteiger partial charge in [0.15, 0.2) is 0 Å². The molecule has 1 aliphatic heterocycles. The lowest BCUT2D eigenvalue weighted by Gasteiger charge is -2.32. The fraction of sp³-hybridized carbons (Fsp3) is 0.500. The number of amides is 1. The number of carbonyl (C=O) groups is 1. The van der Waals surface area contributed by atoms with E-state index in [-0.39, 0.29) is 23.9 Å². The molecular formula is C14H19BrClFN2O. The predicted octanol–water partition coefficient (Wildman–Crippen LogP) is 3.21. The Morgan fingerprint density at radius 2 is 2.25 bits per heavy atom. The molecule has 0 spiro atoms. The molecule has 1 amide bonds. The highest BCUT2D eigenvalue weighted by Crippen LogP contribution is 2.23. The summed E-state index contributed by atoms with van der Waals surface area (Å²) in [6.07, 6.45) is 2.98. The van der Waals surface area contributed by atoms with Crippen molar-refractivity contribution >= 4 is 34.2 Å². The molecule has 0 saturated carbocycles. The minimum atomic E-state index is -0.464. The van der Waals surface area contributed by atoms with E-state index < -0.39 is 5.82 Å². The van der Waals surface area contributed by atoms with E-state index in [9.17, 15) is 9.18 Å². The van der Waals surface area contributed by atoms with Crippen LogP contribution < -0.4 is 5.73 Å². The van der Waals surface area contributed by atoms with E-state index in [4.69, 9.17) is 5.73 Å². The van der Waals surface area contributed by atoms with Crippen LogP contribution in [0.5, 0.6) is 0 Å². The largest absolute Gasteiger partial charge is 0.338 e. The van der Waals surface area contributed by atoms with Crippen LogP contribution in [0.1, 0.15) is 29.6 Å². The summed E-state index contributed by atoms with van der Waals surface area (Å²) in [4.78, 5) is 14.1. The van der Waals surface area contributed by atoms with Crippen LogP contribution in [0.2, 0.25) is 0 Å². The Morgan fingerprint density at radius 1 is 1.50 bits per heavy atom. The lowest BCUT2D eigenvalue weighted by molar-refractivity contribution is 0.0664. The standard InChI is InChI=1S/C14H18BrFN2O.ClH/c15-11-3-4-13(16)12(8-11)14(19)18-7-1-2-10(9-18)5-6-17;/h3-4,8,10H,1-2,5-7,9,17H2;1H. The maximum atomic E-state index is 13.7. The second kappa shape index (κ2) is 7.96. The molecule has 6 heteroatoms. The van der Waals surface area contributed by atoms with Crippen molar-refractivity contribution in [3.8, 4) is 0 Å². The van der Waals surface area contributed by atoms with Crippen LogP contribution in [0.3, 0.4) is 0 Å². The summed E-state index contributed by atoms with van der Waals surface area (Å²) in [5.41, 5.74) is 5.71. The molecule has 3 nitrogen and oxygen atoms in total. The number of hydrogen-bond acceptors (Lipinski definition) is 2. The van der Waals surface area contributed by atoms with Gasteiger partial charge in [-0.05, 0) is 49.9 Å². The van der Waals surface area contributed by atoms with Crippen LogP contribution in [0.15, 0.2) is 22.7 Å². The third kappa shape index (κ3) is 4.17. The molecule has 0 aliphatic carbocycles. The van der Waals surface area contributed by atoms with Gasteiger partial charge in [-0.3, -0.25) is 4.79 Å². The summed E-state index contributed by atoms with van der Waals surface area (Å²) in [5.74, 6) is -0.243. The molecule has 1 unspecified atom stereocenters. The molecule has 1 atom stereocenters. The third-order valence-corrected chi connectivity index (χ3v) is 4.03. The molecule has 2 rings (SSSR count). The topological polar surface area (TPSA) is 46.3 Å². The van der Waals surface area contributed by atoms with Crippen LogP contribution in [0.25, 0.3) is 0 Å². The molecule has 1 fully saturated rings. The Hall–Kier alpha value is -0.650. The fourth-order valence-electron chi connectivity index (χ4n) is 2.55. The van der Waals surface area contributed by atoms with Gasteiger partial charge in [0.1, 0.15) is 5.82 Å². The van der Waals surface area contributed by atoms with Gasteiger partial charge in [-0.1, -0.05) is 15.9 Å². The number of rotatable bonds is 3. The Balaban J connectivity index is 0.00000200. The van der Waals surface area contributed by atoms with Gasteiger partial charge in [0.25, 0.3) is 5.91 Å². The lowest BCUT2D eigenvalue weighted by Crippen LogP contribution is -2.40. The van der Waals surface area contributed by atoms with Gasteiger partial charge in [0.2, 0.25) is 0 Å². The van der Waals surface area contributed by atoms with E-state index in [1.54, 1.807) is 17.0 Å². The van der Waals surface area contributed by atoms with Crippen molar-refractivity contribution in [2.24, 2.45) is 11.7 Å². The molecular weight excluding hydrogens is 347 g/mol. The number of piperidine rings is 1. The first-order chi connectivity index (χ1) is 9.11. The summed E-state index contributed by atoms with van der Waals surface area (Å²) in [6, 6.07) is 4.46. The normalized spacial score (nSPS) is 18.6. The van der Waals surface area contributed by atoms with Crippen LogP contribution >= 0.6 is 28.3 Å². The molecule has 2 N–H and O–H groups in total. The lowest BCUT2D eigenvalue weighted by atomic mass is 9.94. The van der Waals surface area contributed by atoms with E-state index in [0.717, 1.165) is 19.3 Å². The minimum Gasteiger partial charge on any atom is -0.338 e. The van der Waals surface area contributed by atoms with Crippen molar-refractivity contribution in [3.05, 3.63) is 34.1 Å². The highest BCUT2D eigenvalue weighted by molar-refractivity contribution is 9.10. The van der Waals surface area contributed by atoms with Crippen molar-refractivity contribution in [1.82, 2.24) is 4.90 Å². The molecule has 1 aromatic carbocycles. The Morgan fingerprint density at radius 3 is 2.95 bits per heavy atom. The summed E-state index contributed by atoms with van der Waals surface area (Å²) in [6.45, 7) is 2.02. The number of benzene rings is 1. The fourth-order valence-corrected chi connectivity index (χ4v) is 2.91. The molecule has 1 saturated heterocycles. The molecule has 1 aliphatic rings. The molecule has 112 valence electrons. The van der Waals surface area contributed by atoms with Crippen LogP contribution in [0.4, 0.5) is 4.39 Å². The van der Waals surface area contributed by atoms with Gasteiger partial charge < -0.3 is 10.6 Å². The SMILES string of the molecule is Cl.NCCC1CCCN(C(=O)c2cc(Br)ccc2F)C1. The summed E-state index contributed by atoms with van der Waals surface area (Å²) in [7, 11) is 0. The van der Waals surface area contributed by atoms with E-state index in [2.05, 4.69) is 15.9 Å². The van der Waals surface area contributed by atoms with Crippen molar-refractivity contribution in [1.29, 1.82) is 0 Å². The van der Waals surface area contributed by atoms with Crippen molar-refractivity contribution < 1.29 is 9.18 Å². The number of carbonyl (C=O) groups excluding carboxylic acids is 1. The van der Waals surface area contributed by atoms with Gasteiger partial charge in [0, 0.05) is 17.6 Å². The van der Waals surface area contributed by atoms with Crippen molar-refractivity contribution in [2.45, 2.75) is 19.3 Å². The first-order valence-electron chi connectivity index (χ1n) is 6.56. The quantitative estimate of drug-likeness (QED) is 0.894. The van der Waals surface area contributed by atoms with E-state index >= 15 is 0 Å². The van der Waals surface area contributed by atoms with Gasteiger partial charge in [-0.15, -0.1) is 12.4 Å². The van der Waals surface area contributed by atoms with Crippen LogP contribution in [0, 0.1) is 11.7 Å². The molecule has 0 bridgehead atoms. The first kappa shape index (κ1) is 17.4. The highest BCUT2D eigenvalue weighted by atomic mass is 79.9. The van der Waals surface area contributed by atoms with Crippen LogP contribution in [-0.2, 0) is 0 Å². The van der Waals surface area contributed by atoms with Crippen LogP contribution in [-0.4, -0.2) is 30.4 Å². The monoisotopic (exact) mass is 364 g/mol. The van der Waals surface area contributed by atoms with E-state index in [1.165, 1.54) is 6.07 Å². The molecule has 0 radical (unpaired) electrons. The minimum absolute atomic E-state index is 0. The van der Waals surface area contributed by atoms with Crippen molar-refractivity contribution in [3.63, 3.8) is 0 Å². The van der Waals surface area contributed by atoms with E-state index in [0.29, 0.717) is 30.0 Å². The number of nitrogens with two attached hydrogens (primary N) is 1. The predicted molar refractivity (Wildman–Crippen MR) is 83.6 cm³/mol. The number of halogens is 3. The number of hydrogen-bond donors (Lipinski definition) is 1. The van der Waals surface area contributed by atoms with Gasteiger partial charge in [0.05, 0.1) is 5.56 Å². The maximum absolute atomic E-state index is 13.7. The molecule has 20 heavy (non-hydrogen) atoms. The zero-order valence-corrected chi connectivity index (χ0v) is 13.6. The van der Waals surface area contributed by atoms with Gasteiger partial charge in [-0.2, -0.15) is 0 Å². The first-order valence-corrected chi connectivity index (χ1v) is 7.35. The van der Waals surface area contributed by atoms with E-state index in [1.807, 2.05) is 0 Å². The third-order valence-electron chi connectivity index (χ3n) is 3.54. The summed E-state index contributed by atoms with van der Waals surface area (Å²) >= 11 is 3.27. The smallest absolute Gasteiger partial charge is 0.256 e. The zero-order valence-electron chi connectivity index (χ0n) is 11.1. The van der Waals surface area contributed by atoms with Gasteiger partial charge >= 0.3 is 0 Å². The average molecular weight is 366 g/mol. The maximum Gasteiger partial charge on any atom is 0.256 e. The highest BCUT2D eigenvalue weighted by Gasteiger charge is 2.25. The zero-order chi connectivity index (χ0) is 13.8.